The van der Waals surface area contributed by atoms with E-state index in [1.165, 1.54) is 78.7 Å². The summed E-state index contributed by atoms with van der Waals surface area (Å²) in [5.41, 5.74) is -1.59. The molecule has 3 heterocycles. The number of carbonyl (C=O) groups is 12. The third kappa shape index (κ3) is 20.8. The Morgan fingerprint density at radius 3 is 1.80 bits per heavy atom. The van der Waals surface area contributed by atoms with E-state index in [2.05, 4.69) is 16.0 Å². The maximum atomic E-state index is 15.8. The number of alkyl halides is 4. The van der Waals surface area contributed by atoms with Gasteiger partial charge in [-0.2, -0.15) is 13.2 Å². The molecule has 3 N–H and O–H groups in total. The number of fused-ring (bicyclic) bond motifs is 1. The lowest BCUT2D eigenvalue weighted by atomic mass is 9.78. The van der Waals surface area contributed by atoms with E-state index in [0.29, 0.717) is 38.5 Å². The molecule has 3 aliphatic heterocycles. The first-order chi connectivity index (χ1) is 47.7. The molecule has 0 bridgehead atoms. The topological polar surface area (TPSA) is 279 Å². The minimum Gasteiger partial charge on any atom is -0.378 e. The molecule has 12 amide bonds. The Morgan fingerprint density at radius 1 is 0.594 bits per heavy atom. The van der Waals surface area contributed by atoms with Crippen LogP contribution >= 0.6 is 0 Å². The molecule has 1 spiro atoms. The summed E-state index contributed by atoms with van der Waals surface area (Å²) in [6.07, 6.45) is 1.63. The molecular formula is C72H116F4N12O13. The average Bonchev–Trinajstić information content (AvgIpc) is 1.74. The summed E-state index contributed by atoms with van der Waals surface area (Å²) in [7, 11) is 9.93. The van der Waals surface area contributed by atoms with E-state index in [4.69, 9.17) is 4.74 Å². The van der Waals surface area contributed by atoms with Gasteiger partial charge in [0.25, 0.3) is 0 Å². The van der Waals surface area contributed by atoms with E-state index >= 15 is 33.2 Å². The van der Waals surface area contributed by atoms with Crippen LogP contribution in [0.1, 0.15) is 188 Å². The quantitative estimate of drug-likeness (QED) is 0.229. The maximum absolute atomic E-state index is 15.8. The number of nitrogens with one attached hydrogen (secondary N) is 3. The summed E-state index contributed by atoms with van der Waals surface area (Å²) >= 11 is 0. The molecule has 101 heavy (non-hydrogen) atoms. The average molecular weight is 1430 g/mol. The van der Waals surface area contributed by atoms with Crippen molar-refractivity contribution in [3.05, 3.63) is 0 Å². The number of amides is 12. The van der Waals surface area contributed by atoms with Crippen LogP contribution in [0.2, 0.25) is 0 Å². The normalized spacial score (nSPS) is 29.9. The number of ether oxygens (including phenoxy) is 1. The van der Waals surface area contributed by atoms with Crippen molar-refractivity contribution < 1.29 is 79.8 Å². The lowest BCUT2D eigenvalue weighted by Gasteiger charge is -2.43. The minimum absolute atomic E-state index is 0.00215. The molecule has 570 valence electrons. The van der Waals surface area contributed by atoms with Gasteiger partial charge in [0.2, 0.25) is 70.9 Å². The molecule has 0 radical (unpaired) electrons. The molecule has 0 aromatic heterocycles. The summed E-state index contributed by atoms with van der Waals surface area (Å²) in [5.74, 6) is -11.7. The highest BCUT2D eigenvalue weighted by atomic mass is 19.4. The highest BCUT2D eigenvalue weighted by Gasteiger charge is 2.52. The van der Waals surface area contributed by atoms with Gasteiger partial charge in [-0.3, -0.25) is 57.5 Å². The second kappa shape index (κ2) is 36.6. The second-order valence-electron chi connectivity index (χ2n) is 30.8. The molecule has 4 saturated carbocycles. The number of morpholine rings is 1. The van der Waals surface area contributed by atoms with Crippen LogP contribution in [0.3, 0.4) is 0 Å². The zero-order valence-electron chi connectivity index (χ0n) is 61.8. The smallest absolute Gasteiger partial charge is 0.378 e. The van der Waals surface area contributed by atoms with Gasteiger partial charge in [0, 0.05) is 69.0 Å². The van der Waals surface area contributed by atoms with Crippen LogP contribution in [-0.2, 0) is 62.3 Å². The SMILES string of the molecule is CC[C@H](C)[C@@H]1NC(=O)[C@H](CC(C)C)N(C)C(=O)C[C@@H](C(=O)N2CCOCC2)N(C)C(=O)[C@H](C2CCCCC2)N(C)C(=O)C2(CCCC2)NC(=O)[C@@H]2CCCN2C(=O)[C@H](CCC2CCC(C(F)(F)F)C(F)C2)NC(=O)CN(C)C(=O)[C@H](CC2CCCCC2)N(C)C(=O)CN(C)C(=O)CN(C)C1=O. The molecular weight excluding hydrogens is 1320 g/mol. The van der Waals surface area contributed by atoms with Crippen molar-refractivity contribution in [1.82, 2.24) is 60.0 Å². The lowest BCUT2D eigenvalue weighted by Crippen LogP contribution is -2.65. The zero-order chi connectivity index (χ0) is 74.4. The van der Waals surface area contributed by atoms with Gasteiger partial charge in [-0.05, 0) is 113 Å². The van der Waals surface area contributed by atoms with Crippen molar-refractivity contribution in [2.24, 2.45) is 35.5 Å². The van der Waals surface area contributed by atoms with Crippen molar-refractivity contribution in [1.29, 1.82) is 0 Å². The second-order valence-corrected chi connectivity index (χ2v) is 30.8. The number of carbonyl (C=O) groups excluding carboxylic acids is 12. The van der Waals surface area contributed by atoms with Crippen molar-refractivity contribution in [2.75, 3.05) is 102 Å². The van der Waals surface area contributed by atoms with Gasteiger partial charge >= 0.3 is 6.18 Å². The zero-order valence-corrected chi connectivity index (χ0v) is 61.8. The summed E-state index contributed by atoms with van der Waals surface area (Å²) < 4.78 is 62.5. The monoisotopic (exact) mass is 1430 g/mol. The van der Waals surface area contributed by atoms with Crippen LogP contribution in [0.4, 0.5) is 17.6 Å². The Balaban J connectivity index is 1.28. The number of halogens is 4. The predicted octanol–water partition coefficient (Wildman–Crippen LogP) is 5.06. The molecule has 7 rings (SSSR count). The first-order valence-electron chi connectivity index (χ1n) is 37.3. The molecule has 3 unspecified atom stereocenters. The van der Waals surface area contributed by atoms with Crippen molar-refractivity contribution >= 4 is 70.9 Å². The summed E-state index contributed by atoms with van der Waals surface area (Å²) in [6.45, 7) is 6.32. The fourth-order valence-electron chi connectivity index (χ4n) is 16.5. The van der Waals surface area contributed by atoms with Crippen LogP contribution < -0.4 is 16.0 Å². The van der Waals surface area contributed by atoms with Gasteiger partial charge in [0.1, 0.15) is 54.0 Å². The van der Waals surface area contributed by atoms with Crippen LogP contribution in [-0.4, -0.2) is 277 Å². The van der Waals surface area contributed by atoms with Crippen molar-refractivity contribution in [3.8, 4) is 0 Å². The molecule has 3 saturated heterocycles. The van der Waals surface area contributed by atoms with Crippen LogP contribution in [0.5, 0.6) is 0 Å². The Labute approximate surface area is 594 Å². The summed E-state index contributed by atoms with van der Waals surface area (Å²) in [5, 5.41) is 8.74. The van der Waals surface area contributed by atoms with Gasteiger partial charge in [0.15, 0.2) is 0 Å². The van der Waals surface area contributed by atoms with Gasteiger partial charge < -0.3 is 64.8 Å². The van der Waals surface area contributed by atoms with Gasteiger partial charge in [-0.25, -0.2) is 4.39 Å². The highest BCUT2D eigenvalue weighted by molar-refractivity contribution is 6.00. The van der Waals surface area contributed by atoms with E-state index in [-0.39, 0.29) is 96.1 Å². The van der Waals surface area contributed by atoms with E-state index in [0.717, 1.165) is 66.1 Å². The van der Waals surface area contributed by atoms with Crippen molar-refractivity contribution in [2.45, 2.75) is 248 Å². The third-order valence-electron chi connectivity index (χ3n) is 23.1. The minimum atomic E-state index is -4.75. The largest absolute Gasteiger partial charge is 0.394 e. The Morgan fingerprint density at radius 2 is 1.20 bits per heavy atom. The number of hydrogen-bond donors (Lipinski definition) is 3. The Bertz CT molecular complexity index is 2920. The number of likely N-dealkylation sites (N-methyl/N-ethyl adjacent to an activating group) is 7. The van der Waals surface area contributed by atoms with E-state index < -0.39 is 194 Å². The first-order valence-corrected chi connectivity index (χ1v) is 37.3. The van der Waals surface area contributed by atoms with Gasteiger partial charge in [0.05, 0.1) is 45.2 Å². The molecule has 25 nitrogen and oxygen atoms in total. The maximum Gasteiger partial charge on any atom is 0.394 e. The molecule has 7 aliphatic rings. The van der Waals surface area contributed by atoms with Gasteiger partial charge in [-0.15, -0.1) is 0 Å². The van der Waals surface area contributed by atoms with Crippen LogP contribution in [0.25, 0.3) is 0 Å². The van der Waals surface area contributed by atoms with E-state index in [1.54, 1.807) is 6.92 Å². The number of hydrogen-bond acceptors (Lipinski definition) is 13. The standard InChI is InChI=1S/C72H116F4N12O13/c1-12-46(4)61-68(98)82(7)43-59(91)80(5)44-60(92)84(9)55(40-47-22-15-13-16-23-47)66(96)81(6)42-57(89)77-52(30-28-48-27-29-50(51(73)39-48)72(74,75)76)65(95)88-33-21-26-53(88)64(94)79-71(31-19-20-32-71)70(100)86(11)62(49-24-17-14-18-25-49)69(99)85(10)56(67(97)87-34-36-101-37-35-87)41-58(90)83(8)54(38-45(2)3)63(93)78-61/h45-56,61-62H,12-44H2,1-11H3,(H,77,89)(H,78,93)(H,79,94)/t46-,48?,50?,51?,52-,53-,54-,55-,56-,61-,62-/m0/s1. The molecule has 7 fully saturated rings. The summed E-state index contributed by atoms with van der Waals surface area (Å²) in [6, 6.07) is -8.82. The molecule has 0 aromatic rings. The fraction of sp³-hybridized carbons (Fsp3) is 0.833. The fourth-order valence-corrected chi connectivity index (χ4v) is 16.5. The van der Waals surface area contributed by atoms with E-state index in [1.807, 2.05) is 20.8 Å². The van der Waals surface area contributed by atoms with Gasteiger partial charge in [-0.1, -0.05) is 98.3 Å². The Kier molecular flexibility index (Phi) is 29.6. The van der Waals surface area contributed by atoms with E-state index in [9.17, 15) is 41.9 Å². The predicted molar refractivity (Wildman–Crippen MR) is 367 cm³/mol. The number of rotatable bonds is 11. The molecule has 29 heteroatoms. The number of nitrogens with zero attached hydrogens (tertiary/aromatic N) is 9. The molecule has 0 aromatic carbocycles. The lowest BCUT2D eigenvalue weighted by molar-refractivity contribution is -0.201. The van der Waals surface area contributed by atoms with Crippen LogP contribution in [0, 0.1) is 35.5 Å². The van der Waals surface area contributed by atoms with Crippen molar-refractivity contribution in [3.63, 3.8) is 0 Å². The highest BCUT2D eigenvalue weighted by Crippen LogP contribution is 2.43. The molecule has 4 aliphatic carbocycles. The summed E-state index contributed by atoms with van der Waals surface area (Å²) in [4.78, 5) is 191. The third-order valence-corrected chi connectivity index (χ3v) is 23.1. The van der Waals surface area contributed by atoms with Crippen LogP contribution in [0.15, 0.2) is 0 Å². The Hall–Kier alpha value is -6.68. The first kappa shape index (κ1) is 81.6. The molecule has 11 atom stereocenters.